The van der Waals surface area contributed by atoms with E-state index in [0.717, 1.165) is 30.0 Å². The number of aliphatic hydroxyl groups is 1. The largest absolute Gasteiger partial charge is 0.396 e. The molecule has 0 aromatic heterocycles. The number of hydrogen-bond donors (Lipinski definition) is 2. The van der Waals surface area contributed by atoms with Crippen LogP contribution in [0.15, 0.2) is 66.3 Å². The van der Waals surface area contributed by atoms with Gasteiger partial charge in [-0.2, -0.15) is 0 Å². The number of amides is 2. The van der Waals surface area contributed by atoms with Crippen LogP contribution in [0.1, 0.15) is 54.4 Å². The second kappa shape index (κ2) is 12.2. The Bertz CT molecular complexity index is 1250. The minimum absolute atomic E-state index is 0.0724. The van der Waals surface area contributed by atoms with Crippen LogP contribution in [0.25, 0.3) is 0 Å². The monoisotopic (exact) mass is 531 g/mol. The summed E-state index contributed by atoms with van der Waals surface area (Å²) < 4.78 is 14.9. The van der Waals surface area contributed by atoms with Crippen LogP contribution in [0.2, 0.25) is 0 Å². The molecule has 0 spiro atoms. The molecule has 5 rings (SSSR count). The highest BCUT2D eigenvalue weighted by Gasteiger charge is 2.43. The molecule has 6 nitrogen and oxygen atoms in total. The molecule has 1 aliphatic carbocycles. The Morgan fingerprint density at radius 3 is 2.59 bits per heavy atom. The van der Waals surface area contributed by atoms with Crippen LogP contribution in [0, 0.1) is 24.6 Å². The van der Waals surface area contributed by atoms with Crippen molar-refractivity contribution in [3.8, 4) is 0 Å². The van der Waals surface area contributed by atoms with Gasteiger partial charge in [0.05, 0.1) is 17.5 Å². The van der Waals surface area contributed by atoms with E-state index in [2.05, 4.69) is 28.4 Å². The quantitative estimate of drug-likeness (QED) is 0.496. The van der Waals surface area contributed by atoms with Crippen molar-refractivity contribution in [2.45, 2.75) is 51.5 Å². The number of allylic oxidation sites excluding steroid dienone is 2. The lowest BCUT2D eigenvalue weighted by molar-refractivity contribution is -0.123. The van der Waals surface area contributed by atoms with Gasteiger partial charge >= 0.3 is 0 Å². The molecule has 1 unspecified atom stereocenters. The van der Waals surface area contributed by atoms with Crippen molar-refractivity contribution in [1.29, 1.82) is 0 Å². The average Bonchev–Trinajstić information content (AvgIpc) is 3.49. The average molecular weight is 532 g/mol. The van der Waals surface area contributed by atoms with Gasteiger partial charge in [-0.3, -0.25) is 9.59 Å². The maximum atomic E-state index is 14.9. The van der Waals surface area contributed by atoms with E-state index in [1.54, 1.807) is 24.0 Å². The molecular weight excluding hydrogens is 493 g/mol. The van der Waals surface area contributed by atoms with Crippen molar-refractivity contribution in [2.75, 3.05) is 36.5 Å². The molecule has 206 valence electrons. The first-order valence-electron chi connectivity index (χ1n) is 14.2. The number of rotatable bonds is 7. The van der Waals surface area contributed by atoms with Gasteiger partial charge in [-0.25, -0.2) is 4.39 Å². The van der Waals surface area contributed by atoms with Gasteiger partial charge in [-0.05, 0) is 75.3 Å². The van der Waals surface area contributed by atoms with E-state index in [1.807, 2.05) is 24.3 Å². The lowest BCUT2D eigenvalue weighted by Gasteiger charge is -2.44. The van der Waals surface area contributed by atoms with Crippen molar-refractivity contribution in [2.24, 2.45) is 11.8 Å². The van der Waals surface area contributed by atoms with E-state index in [0.29, 0.717) is 37.8 Å². The number of nitrogens with one attached hydrogen (secondary N) is 1. The minimum atomic E-state index is -0.534. The van der Waals surface area contributed by atoms with Gasteiger partial charge in [-0.15, -0.1) is 0 Å². The summed E-state index contributed by atoms with van der Waals surface area (Å²) in [6, 6.07) is 12.2. The van der Waals surface area contributed by atoms with Gasteiger partial charge in [0.2, 0.25) is 5.91 Å². The number of nitrogens with zero attached hydrogens (tertiary/aromatic N) is 2. The normalized spacial score (nSPS) is 23.1. The summed E-state index contributed by atoms with van der Waals surface area (Å²) in [6.07, 6.45) is 11.0. The van der Waals surface area contributed by atoms with Crippen LogP contribution >= 0.6 is 0 Å². The Kier molecular flexibility index (Phi) is 8.46. The van der Waals surface area contributed by atoms with Crippen molar-refractivity contribution in [1.82, 2.24) is 4.90 Å². The van der Waals surface area contributed by atoms with Crippen molar-refractivity contribution >= 4 is 23.2 Å². The van der Waals surface area contributed by atoms with Gasteiger partial charge in [-0.1, -0.05) is 42.0 Å². The zero-order chi connectivity index (χ0) is 27.4. The standard InChI is InChI=1S/C32H38FN3O3/c1-22-7-4-11-28(33)29(22)32(39)36-19-6-10-27(30(36)24-14-12-23(13-15-24)16-20-37)31(38)34-25-8-5-9-26(21-25)35-17-2-3-18-35/h4-5,7-9,11-14,21,24,27,30,37H,2-3,6,10,15-20H2,1H3,(H,34,38)/t24?,27-,30-/m0/s1. The number of aliphatic hydroxyl groups excluding tert-OH is 1. The number of anilines is 2. The highest BCUT2D eigenvalue weighted by atomic mass is 19.1. The van der Waals surface area contributed by atoms with Crippen molar-refractivity contribution in [3.05, 3.63) is 83.2 Å². The first-order chi connectivity index (χ1) is 19.0. The fraction of sp³-hybridized carbons (Fsp3) is 0.438. The predicted octanol–water partition coefficient (Wildman–Crippen LogP) is 5.48. The smallest absolute Gasteiger partial charge is 0.257 e. The Morgan fingerprint density at radius 1 is 1.08 bits per heavy atom. The summed E-state index contributed by atoms with van der Waals surface area (Å²) in [5.41, 5.74) is 3.58. The third-order valence-corrected chi connectivity index (χ3v) is 8.35. The van der Waals surface area contributed by atoms with Gasteiger partial charge in [0.15, 0.2) is 0 Å². The molecule has 3 aliphatic rings. The number of aryl methyl sites for hydroxylation is 1. The number of carbonyl (C=O) groups is 2. The number of likely N-dealkylation sites (tertiary alicyclic amines) is 1. The molecule has 2 aliphatic heterocycles. The molecule has 2 aromatic carbocycles. The molecular formula is C32H38FN3O3. The van der Waals surface area contributed by atoms with E-state index in [4.69, 9.17) is 0 Å². The van der Waals surface area contributed by atoms with Crippen LogP contribution in [0.3, 0.4) is 0 Å². The number of carbonyl (C=O) groups excluding carboxylic acids is 2. The molecule has 0 radical (unpaired) electrons. The van der Waals surface area contributed by atoms with Crippen molar-refractivity contribution < 1.29 is 19.1 Å². The fourth-order valence-corrected chi connectivity index (χ4v) is 6.36. The second-order valence-electron chi connectivity index (χ2n) is 10.9. The summed E-state index contributed by atoms with van der Waals surface area (Å²) in [5.74, 6) is -1.53. The number of benzene rings is 2. The second-order valence-corrected chi connectivity index (χ2v) is 10.9. The van der Waals surface area contributed by atoms with Crippen LogP contribution < -0.4 is 10.2 Å². The van der Waals surface area contributed by atoms with Gasteiger partial charge in [0, 0.05) is 43.5 Å². The topological polar surface area (TPSA) is 72.9 Å². The molecule has 3 atom stereocenters. The Morgan fingerprint density at radius 2 is 1.87 bits per heavy atom. The summed E-state index contributed by atoms with van der Waals surface area (Å²) in [7, 11) is 0. The molecule has 2 heterocycles. The summed E-state index contributed by atoms with van der Waals surface area (Å²) >= 11 is 0. The molecule has 2 fully saturated rings. The van der Waals surface area contributed by atoms with E-state index in [9.17, 15) is 19.1 Å². The summed E-state index contributed by atoms with van der Waals surface area (Å²) in [4.78, 5) is 31.8. The first-order valence-corrected chi connectivity index (χ1v) is 14.2. The molecule has 0 bridgehead atoms. The van der Waals surface area contributed by atoms with E-state index >= 15 is 0 Å². The van der Waals surface area contributed by atoms with Crippen LogP contribution in [0.4, 0.5) is 15.8 Å². The number of piperidine rings is 1. The molecule has 2 N–H and O–H groups in total. The third kappa shape index (κ3) is 5.93. The van der Waals surface area contributed by atoms with Gasteiger partial charge in [0.25, 0.3) is 5.91 Å². The zero-order valence-electron chi connectivity index (χ0n) is 22.6. The summed E-state index contributed by atoms with van der Waals surface area (Å²) in [5, 5.41) is 12.5. The highest BCUT2D eigenvalue weighted by molar-refractivity contribution is 5.98. The SMILES string of the molecule is Cc1cccc(F)c1C(=O)N1CCC[C@H](C(=O)Nc2cccc(N3CCCC3)c2)[C@@H]1C1C=CC(CCO)=CC1. The molecule has 2 saturated heterocycles. The maximum absolute atomic E-state index is 14.9. The van der Waals surface area contributed by atoms with Crippen molar-refractivity contribution in [3.63, 3.8) is 0 Å². The van der Waals surface area contributed by atoms with E-state index < -0.39 is 17.8 Å². The Balaban J connectivity index is 1.43. The maximum Gasteiger partial charge on any atom is 0.257 e. The molecule has 39 heavy (non-hydrogen) atoms. The molecule has 7 heteroatoms. The Labute approximate surface area is 230 Å². The zero-order valence-corrected chi connectivity index (χ0v) is 22.6. The van der Waals surface area contributed by atoms with Crippen LogP contribution in [0.5, 0.6) is 0 Å². The third-order valence-electron chi connectivity index (χ3n) is 8.35. The minimum Gasteiger partial charge on any atom is -0.396 e. The summed E-state index contributed by atoms with van der Waals surface area (Å²) in [6.45, 7) is 4.34. The Hall–Kier alpha value is -3.45. The van der Waals surface area contributed by atoms with Crippen LogP contribution in [-0.4, -0.2) is 54.1 Å². The molecule has 2 amide bonds. The lowest BCUT2D eigenvalue weighted by Crippen LogP contribution is -2.55. The fourth-order valence-electron chi connectivity index (χ4n) is 6.36. The molecule has 2 aromatic rings. The van der Waals surface area contributed by atoms with E-state index in [-0.39, 0.29) is 29.9 Å². The van der Waals surface area contributed by atoms with E-state index in [1.165, 1.54) is 18.9 Å². The van der Waals surface area contributed by atoms with Gasteiger partial charge < -0.3 is 20.2 Å². The number of hydrogen-bond acceptors (Lipinski definition) is 4. The van der Waals surface area contributed by atoms with Crippen LogP contribution in [-0.2, 0) is 4.79 Å². The molecule has 0 saturated carbocycles. The van der Waals surface area contributed by atoms with Gasteiger partial charge in [0.1, 0.15) is 5.82 Å². The predicted molar refractivity (Wildman–Crippen MR) is 152 cm³/mol. The highest BCUT2D eigenvalue weighted by Crippen LogP contribution is 2.36. The lowest BCUT2D eigenvalue weighted by atomic mass is 9.76. The first kappa shape index (κ1) is 27.1. The number of halogens is 1.